The van der Waals surface area contributed by atoms with Crippen LogP contribution in [0.15, 0.2) is 54.6 Å². The Bertz CT molecular complexity index is 1220. The van der Waals surface area contributed by atoms with Crippen LogP contribution in [0.5, 0.6) is 5.75 Å². The molecule has 0 amide bonds. The first-order valence-electron chi connectivity index (χ1n) is 11.5. The summed E-state index contributed by atoms with van der Waals surface area (Å²) in [5.74, 6) is 5.48. The minimum Gasteiger partial charge on any atom is -0.486 e. The Morgan fingerprint density at radius 2 is 1.76 bits per heavy atom. The molecule has 0 saturated heterocycles. The molecule has 2 atom stereocenters. The van der Waals surface area contributed by atoms with Gasteiger partial charge in [-0.15, -0.1) is 5.92 Å². The molecule has 3 aromatic carbocycles. The van der Waals surface area contributed by atoms with Crippen molar-refractivity contribution in [2.75, 3.05) is 0 Å². The van der Waals surface area contributed by atoms with Crippen LogP contribution in [0.4, 0.5) is 0 Å². The largest absolute Gasteiger partial charge is 0.486 e. The minimum absolute atomic E-state index is 0.000686. The number of ether oxygens (including phenoxy) is 1. The minimum atomic E-state index is -0.846. The number of benzene rings is 3. The highest BCUT2D eigenvalue weighted by molar-refractivity contribution is 5.72. The number of fused-ring (bicyclic) bond motifs is 1. The zero-order valence-corrected chi connectivity index (χ0v) is 19.7. The molecule has 3 heteroatoms. The van der Waals surface area contributed by atoms with Gasteiger partial charge < -0.3 is 9.84 Å². The van der Waals surface area contributed by atoms with Crippen LogP contribution in [0.1, 0.15) is 65.2 Å². The van der Waals surface area contributed by atoms with Gasteiger partial charge in [-0.2, -0.15) is 0 Å². The summed E-state index contributed by atoms with van der Waals surface area (Å²) >= 11 is 0. The van der Waals surface area contributed by atoms with Crippen LogP contribution in [0.3, 0.4) is 0 Å². The van der Waals surface area contributed by atoms with E-state index in [0.717, 1.165) is 24.2 Å². The number of hydrogen-bond donors (Lipinski definition) is 1. The Morgan fingerprint density at radius 3 is 2.39 bits per heavy atom. The van der Waals surface area contributed by atoms with Crippen molar-refractivity contribution < 1.29 is 14.6 Å². The fraction of sp³-hybridized carbons (Fsp3) is 0.300. The van der Waals surface area contributed by atoms with Crippen LogP contribution in [0.2, 0.25) is 0 Å². The number of aryl methyl sites for hydroxylation is 4. The van der Waals surface area contributed by atoms with Crippen molar-refractivity contribution in [1.82, 2.24) is 0 Å². The Morgan fingerprint density at radius 1 is 1.06 bits per heavy atom. The highest BCUT2D eigenvalue weighted by Gasteiger charge is 2.25. The number of rotatable bonds is 6. The summed E-state index contributed by atoms with van der Waals surface area (Å²) in [6.45, 7) is 8.25. The van der Waals surface area contributed by atoms with Gasteiger partial charge in [-0.25, -0.2) is 0 Å². The van der Waals surface area contributed by atoms with Gasteiger partial charge >= 0.3 is 5.97 Å². The van der Waals surface area contributed by atoms with Crippen LogP contribution in [0, 0.1) is 32.6 Å². The molecule has 0 aliphatic heterocycles. The van der Waals surface area contributed by atoms with Gasteiger partial charge in [0.05, 0.1) is 12.3 Å². The molecule has 0 fully saturated rings. The number of carbonyl (C=O) groups is 1. The first-order chi connectivity index (χ1) is 15.9. The topological polar surface area (TPSA) is 46.5 Å². The Labute approximate surface area is 196 Å². The predicted octanol–water partition coefficient (Wildman–Crippen LogP) is 6.93. The van der Waals surface area contributed by atoms with E-state index >= 15 is 0 Å². The van der Waals surface area contributed by atoms with Crippen molar-refractivity contribution in [3.63, 3.8) is 0 Å². The van der Waals surface area contributed by atoms with Crippen molar-refractivity contribution >= 4 is 5.97 Å². The average molecular weight is 439 g/mol. The van der Waals surface area contributed by atoms with Gasteiger partial charge in [0, 0.05) is 0 Å². The molecule has 3 aromatic rings. The summed E-state index contributed by atoms with van der Waals surface area (Å²) in [5, 5.41) is 9.15. The van der Waals surface area contributed by atoms with Crippen LogP contribution in [0.25, 0.3) is 11.1 Å². The quantitative estimate of drug-likeness (QED) is 0.425. The molecule has 168 valence electrons. The molecule has 3 nitrogen and oxygen atoms in total. The van der Waals surface area contributed by atoms with Gasteiger partial charge in [-0.05, 0) is 91.6 Å². The molecule has 0 aromatic heterocycles. The molecular formula is C30H30O3. The molecule has 1 aliphatic rings. The van der Waals surface area contributed by atoms with E-state index in [-0.39, 0.29) is 18.4 Å². The number of carboxylic acids is 1. The van der Waals surface area contributed by atoms with E-state index < -0.39 is 5.97 Å². The second kappa shape index (κ2) is 9.55. The molecule has 0 saturated carbocycles. The highest BCUT2D eigenvalue weighted by Crippen LogP contribution is 2.39. The maximum atomic E-state index is 11.1. The van der Waals surface area contributed by atoms with Crippen molar-refractivity contribution in [2.24, 2.45) is 0 Å². The SMILES string of the molecule is CC#C[C@H](CC(=O)O)c1ccc(OC2CCc3cc(-c4c(C)cc(C)cc4C)ccc32)cc1. The zero-order valence-electron chi connectivity index (χ0n) is 19.7. The molecule has 1 unspecified atom stereocenters. The van der Waals surface area contributed by atoms with E-state index in [2.05, 4.69) is 62.9 Å². The first kappa shape index (κ1) is 22.7. The summed E-state index contributed by atoms with van der Waals surface area (Å²) in [6.07, 6.45) is 1.99. The predicted molar refractivity (Wildman–Crippen MR) is 133 cm³/mol. The molecule has 4 rings (SSSR count). The van der Waals surface area contributed by atoms with Gasteiger partial charge in [0.15, 0.2) is 0 Å². The van der Waals surface area contributed by atoms with Gasteiger partial charge in [0.2, 0.25) is 0 Å². The zero-order chi connectivity index (χ0) is 23.5. The third kappa shape index (κ3) is 4.96. The van der Waals surface area contributed by atoms with Crippen molar-refractivity contribution in [1.29, 1.82) is 0 Å². The van der Waals surface area contributed by atoms with Crippen LogP contribution < -0.4 is 4.74 Å². The van der Waals surface area contributed by atoms with E-state index in [1.54, 1.807) is 6.92 Å². The molecule has 0 heterocycles. The number of hydrogen-bond acceptors (Lipinski definition) is 2. The van der Waals surface area contributed by atoms with Crippen LogP contribution in [-0.2, 0) is 11.2 Å². The van der Waals surface area contributed by atoms with E-state index in [1.807, 2.05) is 24.3 Å². The Kier molecular flexibility index (Phi) is 6.56. The van der Waals surface area contributed by atoms with Gasteiger partial charge in [0.25, 0.3) is 0 Å². The molecule has 1 N–H and O–H groups in total. The van der Waals surface area contributed by atoms with Crippen molar-refractivity contribution in [2.45, 2.75) is 59.0 Å². The first-order valence-corrected chi connectivity index (χ1v) is 11.5. The molecule has 0 radical (unpaired) electrons. The van der Waals surface area contributed by atoms with Crippen molar-refractivity contribution in [3.05, 3.63) is 88.0 Å². The second-order valence-corrected chi connectivity index (χ2v) is 8.95. The summed E-state index contributed by atoms with van der Waals surface area (Å²) in [7, 11) is 0. The summed E-state index contributed by atoms with van der Waals surface area (Å²) in [5.41, 5.74) is 10.0. The summed E-state index contributed by atoms with van der Waals surface area (Å²) in [6, 6.07) is 19.0. The molecule has 0 bridgehead atoms. The molecule has 0 spiro atoms. The van der Waals surface area contributed by atoms with Crippen molar-refractivity contribution in [3.8, 4) is 28.7 Å². The van der Waals surface area contributed by atoms with E-state index in [9.17, 15) is 4.79 Å². The third-order valence-electron chi connectivity index (χ3n) is 6.39. The van der Waals surface area contributed by atoms with Crippen LogP contribution in [-0.4, -0.2) is 11.1 Å². The smallest absolute Gasteiger partial charge is 0.304 e. The molecule has 1 aliphatic carbocycles. The third-order valence-corrected chi connectivity index (χ3v) is 6.39. The number of aliphatic carboxylic acids is 1. The van der Waals surface area contributed by atoms with E-state index in [4.69, 9.17) is 9.84 Å². The molecule has 33 heavy (non-hydrogen) atoms. The van der Waals surface area contributed by atoms with Gasteiger partial charge in [0.1, 0.15) is 11.9 Å². The Balaban J connectivity index is 1.52. The van der Waals surface area contributed by atoms with E-state index in [0.29, 0.717) is 0 Å². The lowest BCUT2D eigenvalue weighted by Gasteiger charge is -2.17. The fourth-order valence-electron chi connectivity index (χ4n) is 5.04. The normalized spacial score (nSPS) is 15.3. The second-order valence-electron chi connectivity index (χ2n) is 8.95. The monoisotopic (exact) mass is 438 g/mol. The summed E-state index contributed by atoms with van der Waals surface area (Å²) in [4.78, 5) is 11.1. The molecular weight excluding hydrogens is 408 g/mol. The van der Waals surface area contributed by atoms with Gasteiger partial charge in [-0.3, -0.25) is 4.79 Å². The number of carboxylic acid groups (broad SMARTS) is 1. The Hall–Kier alpha value is -3.51. The maximum absolute atomic E-state index is 11.1. The highest BCUT2D eigenvalue weighted by atomic mass is 16.5. The van der Waals surface area contributed by atoms with Gasteiger partial charge in [-0.1, -0.05) is 53.9 Å². The fourth-order valence-corrected chi connectivity index (χ4v) is 5.04. The average Bonchev–Trinajstić information content (AvgIpc) is 3.15. The standard InChI is InChI=1S/C30H30O3/c1-5-6-23(18-29(31)32)22-7-11-26(12-8-22)33-28-14-10-24-17-25(9-13-27(24)28)30-20(3)15-19(2)16-21(30)4/h7-9,11-13,15-17,23,28H,10,14,18H2,1-4H3,(H,31,32)/t23-,28?/m1/s1. The van der Waals surface area contributed by atoms with E-state index in [1.165, 1.54) is 38.9 Å². The lowest BCUT2D eigenvalue weighted by molar-refractivity contribution is -0.137. The lowest BCUT2D eigenvalue weighted by atomic mass is 9.92. The van der Waals surface area contributed by atoms with Crippen LogP contribution >= 0.6 is 0 Å². The lowest BCUT2D eigenvalue weighted by Crippen LogP contribution is -2.06. The maximum Gasteiger partial charge on any atom is 0.304 e. The summed E-state index contributed by atoms with van der Waals surface area (Å²) < 4.78 is 6.33.